The monoisotopic (exact) mass is 496 g/mol. The summed E-state index contributed by atoms with van der Waals surface area (Å²) in [6.07, 6.45) is 1.35. The van der Waals surface area contributed by atoms with Gasteiger partial charge in [-0.1, -0.05) is 47.5 Å². The Kier molecular flexibility index (Phi) is 8.14. The Morgan fingerprint density at radius 1 is 1.06 bits per heavy atom. The number of benzene rings is 3. The third-order valence-electron chi connectivity index (χ3n) is 4.70. The molecule has 0 aromatic heterocycles. The summed E-state index contributed by atoms with van der Waals surface area (Å²) in [6, 6.07) is 17.7. The molecule has 3 aromatic carbocycles. The van der Waals surface area contributed by atoms with E-state index < -0.39 is 11.9 Å². The molecule has 3 rings (SSSR count). The van der Waals surface area contributed by atoms with Crippen LogP contribution < -0.4 is 14.8 Å². The molecule has 0 atom stereocenters. The first-order chi connectivity index (χ1) is 16.3. The molecule has 0 spiro atoms. The van der Waals surface area contributed by atoms with Crippen LogP contribution in [0.15, 0.2) is 66.2 Å². The molecule has 7 nitrogen and oxygen atoms in total. The van der Waals surface area contributed by atoms with Gasteiger partial charge in [-0.2, -0.15) is 5.26 Å². The zero-order chi connectivity index (χ0) is 24.7. The van der Waals surface area contributed by atoms with Crippen molar-refractivity contribution < 1.29 is 24.2 Å². The van der Waals surface area contributed by atoms with Crippen LogP contribution in [0.4, 0.5) is 5.69 Å². The van der Waals surface area contributed by atoms with Crippen molar-refractivity contribution in [3.63, 3.8) is 0 Å². The zero-order valence-electron chi connectivity index (χ0n) is 17.8. The third kappa shape index (κ3) is 5.87. The Hall–Kier alpha value is -3.99. The molecule has 1 amide bonds. The van der Waals surface area contributed by atoms with Crippen LogP contribution in [-0.4, -0.2) is 24.1 Å². The first kappa shape index (κ1) is 24.6. The first-order valence-corrected chi connectivity index (χ1v) is 10.6. The number of nitrogens with one attached hydrogen (secondary N) is 1. The van der Waals surface area contributed by atoms with E-state index in [0.717, 1.165) is 0 Å². The predicted molar refractivity (Wildman–Crippen MR) is 129 cm³/mol. The highest BCUT2D eigenvalue weighted by molar-refractivity contribution is 6.35. The summed E-state index contributed by atoms with van der Waals surface area (Å²) in [5, 5.41) is 22.2. The SMILES string of the molecule is COc1ccc(/C=C(\C#N)C(=O)Nc2ccccc2C(=O)O)cc1OCc1c(Cl)cccc1Cl. The fourth-order valence-electron chi connectivity index (χ4n) is 3.00. The predicted octanol–water partition coefficient (Wildman–Crippen LogP) is 5.82. The third-order valence-corrected chi connectivity index (χ3v) is 5.41. The van der Waals surface area contributed by atoms with Crippen LogP contribution in [0.1, 0.15) is 21.5 Å². The van der Waals surface area contributed by atoms with E-state index in [9.17, 15) is 20.0 Å². The number of carboxylic acids is 1. The molecule has 0 saturated heterocycles. The Morgan fingerprint density at radius 2 is 1.76 bits per heavy atom. The Labute approximate surface area is 205 Å². The maximum Gasteiger partial charge on any atom is 0.337 e. The van der Waals surface area contributed by atoms with Crippen LogP contribution in [0.5, 0.6) is 11.5 Å². The minimum absolute atomic E-state index is 0.0690. The Morgan fingerprint density at radius 3 is 2.41 bits per heavy atom. The molecule has 2 N–H and O–H groups in total. The fourth-order valence-corrected chi connectivity index (χ4v) is 3.51. The molecular formula is C25H18Cl2N2O5. The molecule has 0 radical (unpaired) electrons. The van der Waals surface area contributed by atoms with E-state index in [1.54, 1.807) is 42.5 Å². The quantitative estimate of drug-likeness (QED) is 0.300. The maximum atomic E-state index is 12.6. The smallest absolute Gasteiger partial charge is 0.337 e. The van der Waals surface area contributed by atoms with Gasteiger partial charge in [0.2, 0.25) is 0 Å². The average molecular weight is 497 g/mol. The molecule has 0 unspecified atom stereocenters. The van der Waals surface area contributed by atoms with Gasteiger partial charge < -0.3 is 19.9 Å². The first-order valence-electron chi connectivity index (χ1n) is 9.83. The van der Waals surface area contributed by atoms with Crippen molar-refractivity contribution >= 4 is 46.8 Å². The molecule has 0 aliphatic heterocycles. The molecule has 34 heavy (non-hydrogen) atoms. The van der Waals surface area contributed by atoms with Gasteiger partial charge in [-0.3, -0.25) is 4.79 Å². The summed E-state index contributed by atoms with van der Waals surface area (Å²) in [5.74, 6) is -1.17. The zero-order valence-corrected chi connectivity index (χ0v) is 19.4. The number of hydrogen-bond donors (Lipinski definition) is 2. The van der Waals surface area contributed by atoms with Crippen molar-refractivity contribution in [2.45, 2.75) is 6.61 Å². The van der Waals surface area contributed by atoms with Gasteiger partial charge in [0.05, 0.1) is 18.4 Å². The second kappa shape index (κ2) is 11.2. The molecule has 0 aliphatic carbocycles. The standard InChI is InChI=1S/C25H18Cl2N2O5/c1-33-22-10-9-15(12-23(22)34-14-18-19(26)6-4-7-20(18)27)11-16(13-28)24(30)29-21-8-3-2-5-17(21)25(31)32/h2-12H,14H2,1H3,(H,29,30)(H,31,32)/b16-11+. The molecule has 0 fully saturated rings. The number of carboxylic acid groups (broad SMARTS) is 1. The van der Waals surface area contributed by atoms with Gasteiger partial charge in [0.25, 0.3) is 5.91 Å². The van der Waals surface area contributed by atoms with Gasteiger partial charge in [0, 0.05) is 15.6 Å². The number of nitrogens with zero attached hydrogens (tertiary/aromatic N) is 1. The molecular weight excluding hydrogens is 479 g/mol. The van der Waals surface area contributed by atoms with Crippen molar-refractivity contribution in [3.8, 4) is 17.6 Å². The molecule has 172 valence electrons. The summed E-state index contributed by atoms with van der Waals surface area (Å²) in [5.41, 5.74) is 0.843. The van der Waals surface area contributed by atoms with E-state index >= 15 is 0 Å². The van der Waals surface area contributed by atoms with E-state index in [-0.39, 0.29) is 23.4 Å². The van der Waals surface area contributed by atoms with Gasteiger partial charge in [-0.15, -0.1) is 0 Å². The molecule has 0 saturated carbocycles. The second-order valence-corrected chi connectivity index (χ2v) is 7.69. The number of amides is 1. The minimum atomic E-state index is -1.20. The topological polar surface area (TPSA) is 109 Å². The van der Waals surface area contributed by atoms with E-state index in [0.29, 0.717) is 32.7 Å². The lowest BCUT2D eigenvalue weighted by Gasteiger charge is -2.13. The van der Waals surface area contributed by atoms with Gasteiger partial charge in [-0.05, 0) is 48.0 Å². The Balaban J connectivity index is 1.85. The lowest BCUT2D eigenvalue weighted by atomic mass is 10.1. The number of methoxy groups -OCH3 is 1. The number of nitriles is 1. The molecule has 3 aromatic rings. The van der Waals surface area contributed by atoms with Gasteiger partial charge >= 0.3 is 5.97 Å². The van der Waals surface area contributed by atoms with Gasteiger partial charge in [-0.25, -0.2) is 4.79 Å². The highest BCUT2D eigenvalue weighted by atomic mass is 35.5. The number of ether oxygens (including phenoxy) is 2. The van der Waals surface area contributed by atoms with E-state index in [4.69, 9.17) is 32.7 Å². The lowest BCUT2D eigenvalue weighted by Crippen LogP contribution is -2.16. The van der Waals surface area contributed by atoms with Crippen LogP contribution >= 0.6 is 23.2 Å². The van der Waals surface area contributed by atoms with Crippen LogP contribution in [0.25, 0.3) is 6.08 Å². The summed E-state index contributed by atoms with van der Waals surface area (Å²) in [6.45, 7) is 0.0690. The average Bonchev–Trinajstić information content (AvgIpc) is 2.82. The van der Waals surface area contributed by atoms with Crippen molar-refractivity contribution in [2.24, 2.45) is 0 Å². The van der Waals surface area contributed by atoms with Crippen molar-refractivity contribution in [3.05, 3.63) is 93.0 Å². The number of hydrogen-bond acceptors (Lipinski definition) is 5. The second-order valence-electron chi connectivity index (χ2n) is 6.87. The van der Waals surface area contributed by atoms with Crippen LogP contribution in [-0.2, 0) is 11.4 Å². The highest BCUT2D eigenvalue weighted by Crippen LogP contribution is 2.32. The van der Waals surface area contributed by atoms with Crippen LogP contribution in [0.2, 0.25) is 10.0 Å². The molecule has 0 bridgehead atoms. The van der Waals surface area contributed by atoms with E-state index in [1.807, 2.05) is 6.07 Å². The minimum Gasteiger partial charge on any atom is -0.493 e. The maximum absolute atomic E-state index is 12.6. The summed E-state index contributed by atoms with van der Waals surface area (Å²) in [4.78, 5) is 24.0. The largest absolute Gasteiger partial charge is 0.493 e. The number of para-hydroxylation sites is 1. The normalized spacial score (nSPS) is 10.8. The van der Waals surface area contributed by atoms with E-state index in [1.165, 1.54) is 31.4 Å². The summed E-state index contributed by atoms with van der Waals surface area (Å²) < 4.78 is 11.2. The van der Waals surface area contributed by atoms with Gasteiger partial charge in [0.1, 0.15) is 18.2 Å². The van der Waals surface area contributed by atoms with Crippen LogP contribution in [0, 0.1) is 11.3 Å². The lowest BCUT2D eigenvalue weighted by molar-refractivity contribution is -0.112. The number of halogens is 2. The van der Waals surface area contributed by atoms with Gasteiger partial charge in [0.15, 0.2) is 11.5 Å². The fraction of sp³-hybridized carbons (Fsp3) is 0.0800. The number of carbonyl (C=O) groups is 2. The molecule has 9 heteroatoms. The van der Waals surface area contributed by atoms with E-state index in [2.05, 4.69) is 5.32 Å². The number of aromatic carboxylic acids is 1. The molecule has 0 heterocycles. The number of carbonyl (C=O) groups excluding carboxylic acids is 1. The number of rotatable bonds is 8. The molecule has 0 aliphatic rings. The summed E-state index contributed by atoms with van der Waals surface area (Å²) >= 11 is 12.4. The van der Waals surface area contributed by atoms with Crippen molar-refractivity contribution in [2.75, 3.05) is 12.4 Å². The van der Waals surface area contributed by atoms with Crippen molar-refractivity contribution in [1.82, 2.24) is 0 Å². The Bertz CT molecular complexity index is 1290. The number of anilines is 1. The highest BCUT2D eigenvalue weighted by Gasteiger charge is 2.16. The summed E-state index contributed by atoms with van der Waals surface area (Å²) in [7, 11) is 1.48. The van der Waals surface area contributed by atoms with Crippen LogP contribution in [0.3, 0.4) is 0 Å². The van der Waals surface area contributed by atoms with Crippen molar-refractivity contribution in [1.29, 1.82) is 5.26 Å².